The van der Waals surface area contributed by atoms with Gasteiger partial charge in [-0.3, -0.25) is 0 Å². The van der Waals surface area contributed by atoms with Gasteiger partial charge in [-0.1, -0.05) is 63.0 Å². The number of benzene rings is 1. The van der Waals surface area contributed by atoms with E-state index < -0.39 is 0 Å². The Balaban J connectivity index is 2.79. The maximum atomic E-state index is 6.28. The van der Waals surface area contributed by atoms with E-state index >= 15 is 0 Å². The number of nitrogens with two attached hydrogens (primary N) is 1. The zero-order valence-electron chi connectivity index (χ0n) is 12.8. The molecule has 1 atom stereocenters. The quantitative estimate of drug-likeness (QED) is 0.776. The van der Waals surface area contributed by atoms with Crippen molar-refractivity contribution >= 4 is 23.2 Å². The van der Waals surface area contributed by atoms with E-state index in [-0.39, 0.29) is 6.04 Å². The Bertz CT molecular complexity index is 411. The van der Waals surface area contributed by atoms with Crippen LogP contribution in [0.1, 0.15) is 39.3 Å². The van der Waals surface area contributed by atoms with Gasteiger partial charge in [-0.2, -0.15) is 0 Å². The lowest BCUT2D eigenvalue weighted by Gasteiger charge is -2.28. The molecule has 114 valence electrons. The molecule has 0 aliphatic rings. The van der Waals surface area contributed by atoms with Gasteiger partial charge in [-0.25, -0.2) is 0 Å². The highest BCUT2D eigenvalue weighted by Crippen LogP contribution is 2.30. The van der Waals surface area contributed by atoms with Gasteiger partial charge in [0.15, 0.2) is 0 Å². The summed E-state index contributed by atoms with van der Waals surface area (Å²) < 4.78 is 0. The maximum absolute atomic E-state index is 6.28. The minimum absolute atomic E-state index is 0.0428. The molecular weight excluding hydrogens is 291 g/mol. The topological polar surface area (TPSA) is 38.0 Å². The summed E-state index contributed by atoms with van der Waals surface area (Å²) in [6, 6.07) is 5.74. The second kappa shape index (κ2) is 8.23. The van der Waals surface area contributed by atoms with Gasteiger partial charge in [-0.05, 0) is 35.9 Å². The van der Waals surface area contributed by atoms with Gasteiger partial charge >= 0.3 is 0 Å². The van der Waals surface area contributed by atoms with Crippen molar-refractivity contribution in [3.8, 4) is 0 Å². The van der Waals surface area contributed by atoms with E-state index in [9.17, 15) is 0 Å². The van der Waals surface area contributed by atoms with Crippen molar-refractivity contribution in [2.75, 3.05) is 13.1 Å². The van der Waals surface area contributed by atoms with Crippen LogP contribution in [0, 0.1) is 17.8 Å². The molecule has 0 heterocycles. The van der Waals surface area contributed by atoms with E-state index in [0.29, 0.717) is 34.3 Å². The van der Waals surface area contributed by atoms with Crippen molar-refractivity contribution < 1.29 is 0 Å². The van der Waals surface area contributed by atoms with Crippen LogP contribution < -0.4 is 11.1 Å². The van der Waals surface area contributed by atoms with Gasteiger partial charge in [0.1, 0.15) is 0 Å². The van der Waals surface area contributed by atoms with Crippen molar-refractivity contribution in [1.82, 2.24) is 5.32 Å². The van der Waals surface area contributed by atoms with Crippen LogP contribution in [-0.2, 0) is 0 Å². The average molecular weight is 317 g/mol. The molecule has 1 aromatic rings. The number of rotatable bonds is 7. The molecular formula is C16H26Cl2N2. The van der Waals surface area contributed by atoms with E-state index in [1.807, 2.05) is 12.1 Å². The first-order chi connectivity index (χ1) is 9.38. The summed E-state index contributed by atoms with van der Waals surface area (Å²) >= 11 is 12.4. The van der Waals surface area contributed by atoms with Crippen LogP contribution >= 0.6 is 23.2 Å². The third-order valence-corrected chi connectivity index (χ3v) is 4.74. The lowest BCUT2D eigenvalue weighted by atomic mass is 9.85. The molecule has 0 radical (unpaired) electrons. The second-order valence-electron chi connectivity index (χ2n) is 5.99. The Morgan fingerprint density at radius 3 is 2.20 bits per heavy atom. The molecule has 1 aromatic carbocycles. The molecule has 0 saturated carbocycles. The van der Waals surface area contributed by atoms with Crippen LogP contribution in [0.4, 0.5) is 0 Å². The maximum Gasteiger partial charge on any atom is 0.0640 e. The number of nitrogens with one attached hydrogen (secondary N) is 1. The van der Waals surface area contributed by atoms with Gasteiger partial charge < -0.3 is 11.1 Å². The lowest BCUT2D eigenvalue weighted by Crippen LogP contribution is -2.35. The van der Waals surface area contributed by atoms with Gasteiger partial charge in [-0.15, -0.1) is 0 Å². The highest BCUT2D eigenvalue weighted by molar-refractivity contribution is 6.42. The van der Waals surface area contributed by atoms with Gasteiger partial charge in [0, 0.05) is 12.6 Å². The van der Waals surface area contributed by atoms with Crippen molar-refractivity contribution in [3.63, 3.8) is 0 Å². The van der Waals surface area contributed by atoms with Gasteiger partial charge in [0.05, 0.1) is 10.0 Å². The van der Waals surface area contributed by atoms with Crippen LogP contribution in [-0.4, -0.2) is 13.1 Å². The van der Waals surface area contributed by atoms with Crippen LogP contribution in [0.15, 0.2) is 18.2 Å². The fourth-order valence-corrected chi connectivity index (χ4v) is 3.07. The van der Waals surface area contributed by atoms with Crippen molar-refractivity contribution in [1.29, 1.82) is 0 Å². The molecule has 0 aliphatic heterocycles. The average Bonchev–Trinajstić information content (AvgIpc) is 2.37. The van der Waals surface area contributed by atoms with Crippen molar-refractivity contribution in [3.05, 3.63) is 33.8 Å². The van der Waals surface area contributed by atoms with Crippen LogP contribution in [0.3, 0.4) is 0 Å². The summed E-state index contributed by atoms with van der Waals surface area (Å²) in [5.41, 5.74) is 6.88. The van der Waals surface area contributed by atoms with Crippen molar-refractivity contribution in [2.24, 2.45) is 23.5 Å². The zero-order valence-corrected chi connectivity index (χ0v) is 14.3. The standard InChI is InChI=1S/C16H26Cl2N2/c1-10(2)13(11(3)4)9-20-15(8-19)12-6-5-7-14(17)16(12)18/h5-7,10-11,13,15,20H,8-9,19H2,1-4H3. The molecule has 0 aliphatic carbocycles. The highest BCUT2D eigenvalue weighted by Gasteiger charge is 2.20. The molecule has 0 amide bonds. The first-order valence-electron chi connectivity index (χ1n) is 7.25. The van der Waals surface area contributed by atoms with Crippen LogP contribution in [0.25, 0.3) is 0 Å². The zero-order chi connectivity index (χ0) is 15.3. The summed E-state index contributed by atoms with van der Waals surface area (Å²) in [4.78, 5) is 0. The molecule has 1 unspecified atom stereocenters. The largest absolute Gasteiger partial charge is 0.329 e. The fraction of sp³-hybridized carbons (Fsp3) is 0.625. The highest BCUT2D eigenvalue weighted by atomic mass is 35.5. The normalized spacial score (nSPS) is 13.5. The Morgan fingerprint density at radius 2 is 1.70 bits per heavy atom. The summed E-state index contributed by atoms with van der Waals surface area (Å²) in [6.45, 7) is 10.5. The molecule has 1 rings (SSSR count). The molecule has 0 fully saturated rings. The Hall–Kier alpha value is -0.280. The summed E-state index contributed by atoms with van der Waals surface area (Å²) in [7, 11) is 0. The third kappa shape index (κ3) is 4.63. The van der Waals surface area contributed by atoms with E-state index in [1.165, 1.54) is 0 Å². The van der Waals surface area contributed by atoms with E-state index in [1.54, 1.807) is 6.07 Å². The fourth-order valence-electron chi connectivity index (χ4n) is 2.63. The molecule has 0 spiro atoms. The molecule has 0 saturated heterocycles. The smallest absolute Gasteiger partial charge is 0.0640 e. The first-order valence-corrected chi connectivity index (χ1v) is 8.01. The second-order valence-corrected chi connectivity index (χ2v) is 6.78. The Morgan fingerprint density at radius 1 is 1.10 bits per heavy atom. The number of hydrogen-bond acceptors (Lipinski definition) is 2. The summed E-state index contributed by atoms with van der Waals surface area (Å²) in [6.07, 6.45) is 0. The molecule has 20 heavy (non-hydrogen) atoms. The number of halogens is 2. The molecule has 2 nitrogen and oxygen atoms in total. The Kier molecular flexibility index (Phi) is 7.32. The van der Waals surface area contributed by atoms with E-state index in [0.717, 1.165) is 12.1 Å². The summed E-state index contributed by atoms with van der Waals surface area (Å²) in [5, 5.41) is 4.73. The van der Waals surface area contributed by atoms with Gasteiger partial charge in [0.2, 0.25) is 0 Å². The van der Waals surface area contributed by atoms with Crippen molar-refractivity contribution in [2.45, 2.75) is 33.7 Å². The predicted octanol–water partition coefficient (Wildman–Crippen LogP) is 4.51. The van der Waals surface area contributed by atoms with Crippen LogP contribution in [0.2, 0.25) is 10.0 Å². The molecule has 0 aromatic heterocycles. The minimum Gasteiger partial charge on any atom is -0.329 e. The molecule has 4 heteroatoms. The van der Waals surface area contributed by atoms with E-state index in [2.05, 4.69) is 33.0 Å². The minimum atomic E-state index is 0.0428. The summed E-state index contributed by atoms with van der Waals surface area (Å²) in [5.74, 6) is 1.88. The predicted molar refractivity (Wildman–Crippen MR) is 89.4 cm³/mol. The lowest BCUT2D eigenvalue weighted by molar-refractivity contribution is 0.266. The monoisotopic (exact) mass is 316 g/mol. The molecule has 0 bridgehead atoms. The number of hydrogen-bond donors (Lipinski definition) is 2. The first kappa shape index (κ1) is 17.8. The van der Waals surface area contributed by atoms with Crippen LogP contribution in [0.5, 0.6) is 0 Å². The van der Waals surface area contributed by atoms with E-state index in [4.69, 9.17) is 28.9 Å². The van der Waals surface area contributed by atoms with Gasteiger partial charge in [0.25, 0.3) is 0 Å². The SMILES string of the molecule is CC(C)C(CNC(CN)c1cccc(Cl)c1Cl)C(C)C. The Labute approximate surface area is 133 Å². The molecule has 3 N–H and O–H groups in total. The third-order valence-electron chi connectivity index (χ3n) is 3.91.